The quantitative estimate of drug-likeness (QED) is 0.290. The highest BCUT2D eigenvalue weighted by Crippen LogP contribution is 2.33. The lowest BCUT2D eigenvalue weighted by molar-refractivity contribution is -0.385. The highest BCUT2D eigenvalue weighted by molar-refractivity contribution is 5.95. The number of nitrogens with zero attached hydrogens (tertiary/aromatic N) is 2. The van der Waals surface area contributed by atoms with Crippen LogP contribution in [0.2, 0.25) is 0 Å². The Morgan fingerprint density at radius 1 is 1.47 bits per heavy atom. The van der Waals surface area contributed by atoms with Gasteiger partial charge in [-0.1, -0.05) is 5.16 Å². The van der Waals surface area contributed by atoms with E-state index in [0.29, 0.717) is 12.1 Å². The highest BCUT2D eigenvalue weighted by Gasteiger charge is 2.32. The number of rotatable bonds is 3. The van der Waals surface area contributed by atoms with Crippen molar-refractivity contribution in [3.63, 3.8) is 0 Å². The summed E-state index contributed by atoms with van der Waals surface area (Å²) in [4.78, 5) is 9.77. The van der Waals surface area contributed by atoms with E-state index in [0.717, 1.165) is 18.2 Å². The van der Waals surface area contributed by atoms with E-state index in [1.54, 1.807) is 0 Å². The summed E-state index contributed by atoms with van der Waals surface area (Å²) in [6.45, 7) is 0. The molecule has 3 N–H and O–H groups in total. The minimum Gasteiger partial charge on any atom is -0.409 e. The van der Waals surface area contributed by atoms with Crippen LogP contribution in [0, 0.1) is 10.1 Å². The number of amidine groups is 1. The van der Waals surface area contributed by atoms with Crippen molar-refractivity contribution in [2.45, 2.75) is 6.18 Å². The number of hydrogen-bond acceptors (Lipinski definition) is 4. The van der Waals surface area contributed by atoms with Crippen LogP contribution >= 0.6 is 0 Å². The van der Waals surface area contributed by atoms with Gasteiger partial charge in [0, 0.05) is 6.07 Å². The topological polar surface area (TPSA) is 102 Å². The molecule has 9 heteroatoms. The largest absolute Gasteiger partial charge is 0.416 e. The number of halogens is 3. The maximum absolute atomic E-state index is 12.4. The first kappa shape index (κ1) is 14.5. The Hall–Kier alpha value is -2.58. The number of benzene rings is 1. The van der Waals surface area contributed by atoms with Crippen molar-refractivity contribution < 1.29 is 23.3 Å². The predicted molar refractivity (Wildman–Crippen MR) is 60.5 cm³/mol. The molecule has 0 atom stereocenters. The van der Waals surface area contributed by atoms with Gasteiger partial charge in [0.25, 0.3) is 5.69 Å². The zero-order valence-electron chi connectivity index (χ0n) is 9.26. The van der Waals surface area contributed by atoms with Crippen LogP contribution in [0.4, 0.5) is 18.9 Å². The van der Waals surface area contributed by atoms with Crippen molar-refractivity contribution >= 4 is 17.6 Å². The fourth-order valence-corrected chi connectivity index (χ4v) is 1.23. The average Bonchev–Trinajstić information content (AvgIpc) is 2.34. The summed E-state index contributed by atoms with van der Waals surface area (Å²) in [6.07, 6.45) is -2.57. The Morgan fingerprint density at radius 3 is 2.58 bits per heavy atom. The summed E-state index contributed by atoms with van der Waals surface area (Å²) < 4.78 is 37.3. The Balaban J connectivity index is 3.27. The van der Waals surface area contributed by atoms with Crippen LogP contribution in [0.25, 0.3) is 6.08 Å². The van der Waals surface area contributed by atoms with E-state index in [2.05, 4.69) is 5.16 Å². The number of oxime groups is 1. The molecular weight excluding hydrogens is 267 g/mol. The van der Waals surface area contributed by atoms with Gasteiger partial charge < -0.3 is 10.9 Å². The van der Waals surface area contributed by atoms with Crippen molar-refractivity contribution in [2.24, 2.45) is 10.9 Å². The molecule has 1 aromatic rings. The number of nitro groups is 1. The predicted octanol–water partition coefficient (Wildman–Crippen LogP) is 2.37. The maximum Gasteiger partial charge on any atom is 0.416 e. The molecule has 0 aliphatic carbocycles. The lowest BCUT2D eigenvalue weighted by atomic mass is 10.1. The van der Waals surface area contributed by atoms with E-state index < -0.39 is 22.4 Å². The number of nitrogens with two attached hydrogens (primary N) is 1. The SMILES string of the molecule is N/C(C=Cc1ccc(C(F)(F)F)cc1[N+](=O)[O-])=N\O. The van der Waals surface area contributed by atoms with Crippen LogP contribution in [0.3, 0.4) is 0 Å². The lowest BCUT2D eigenvalue weighted by Gasteiger charge is -2.07. The molecular formula is C10H8F3N3O3. The molecule has 19 heavy (non-hydrogen) atoms. The molecule has 6 nitrogen and oxygen atoms in total. The molecule has 0 spiro atoms. The van der Waals surface area contributed by atoms with Gasteiger partial charge in [-0.25, -0.2) is 0 Å². The second-order valence-electron chi connectivity index (χ2n) is 3.39. The standard InChI is InChI=1S/C10H8F3N3O3/c11-10(12,13)7-3-1-6(2-4-9(14)15-17)8(5-7)16(18)19/h1-5,17H,(H2,14,15). The molecule has 102 valence electrons. The Bertz CT molecular complexity index is 553. The fraction of sp³-hybridized carbons (Fsp3) is 0.100. The second kappa shape index (κ2) is 5.38. The first-order valence-electron chi connectivity index (χ1n) is 4.77. The smallest absolute Gasteiger partial charge is 0.409 e. The van der Waals surface area contributed by atoms with Gasteiger partial charge in [-0.2, -0.15) is 13.2 Å². The van der Waals surface area contributed by atoms with Crippen molar-refractivity contribution in [1.29, 1.82) is 0 Å². The van der Waals surface area contributed by atoms with Crippen LogP contribution in [-0.2, 0) is 6.18 Å². The van der Waals surface area contributed by atoms with Crippen molar-refractivity contribution in [3.8, 4) is 0 Å². The molecule has 0 saturated heterocycles. The molecule has 0 heterocycles. The van der Waals surface area contributed by atoms with E-state index >= 15 is 0 Å². The maximum atomic E-state index is 12.4. The van der Waals surface area contributed by atoms with Gasteiger partial charge in [0.2, 0.25) is 0 Å². The number of alkyl halides is 3. The molecule has 0 amide bonds. The molecule has 0 aromatic heterocycles. The number of hydrogen-bond donors (Lipinski definition) is 2. The third-order valence-electron chi connectivity index (χ3n) is 2.10. The first-order valence-corrected chi connectivity index (χ1v) is 4.77. The van der Waals surface area contributed by atoms with Crippen LogP contribution < -0.4 is 5.73 Å². The first-order chi connectivity index (χ1) is 8.75. The molecule has 0 saturated carbocycles. The van der Waals surface area contributed by atoms with E-state index in [4.69, 9.17) is 10.9 Å². The Kier molecular flexibility index (Phi) is 4.10. The van der Waals surface area contributed by atoms with Crippen LogP contribution in [-0.4, -0.2) is 16.0 Å². The van der Waals surface area contributed by atoms with E-state index in [9.17, 15) is 23.3 Å². The molecule has 0 aliphatic heterocycles. The molecule has 0 aliphatic rings. The lowest BCUT2D eigenvalue weighted by Crippen LogP contribution is -2.07. The van der Waals surface area contributed by atoms with Gasteiger partial charge in [0.05, 0.1) is 16.1 Å². The molecule has 0 radical (unpaired) electrons. The third-order valence-corrected chi connectivity index (χ3v) is 2.10. The van der Waals surface area contributed by atoms with Gasteiger partial charge >= 0.3 is 6.18 Å². The van der Waals surface area contributed by atoms with Crippen molar-refractivity contribution in [2.75, 3.05) is 0 Å². The highest BCUT2D eigenvalue weighted by atomic mass is 19.4. The monoisotopic (exact) mass is 275 g/mol. The number of nitro benzene ring substituents is 1. The summed E-state index contributed by atoms with van der Waals surface area (Å²) in [5.41, 5.74) is 3.17. The average molecular weight is 275 g/mol. The molecule has 1 aromatic carbocycles. The van der Waals surface area contributed by atoms with Gasteiger partial charge in [-0.3, -0.25) is 10.1 Å². The van der Waals surface area contributed by atoms with E-state index in [1.807, 2.05) is 0 Å². The van der Waals surface area contributed by atoms with Crippen LogP contribution in [0.5, 0.6) is 0 Å². The van der Waals surface area contributed by atoms with Crippen LogP contribution in [0.15, 0.2) is 29.4 Å². The van der Waals surface area contributed by atoms with Crippen molar-refractivity contribution in [3.05, 3.63) is 45.5 Å². The fourth-order valence-electron chi connectivity index (χ4n) is 1.23. The summed E-state index contributed by atoms with van der Waals surface area (Å²) in [7, 11) is 0. The molecule has 0 fully saturated rings. The van der Waals surface area contributed by atoms with E-state index in [-0.39, 0.29) is 11.4 Å². The molecule has 1 rings (SSSR count). The molecule has 0 bridgehead atoms. The Labute approximate surface area is 104 Å². The summed E-state index contributed by atoms with van der Waals surface area (Å²) in [6, 6.07) is 2.06. The summed E-state index contributed by atoms with van der Waals surface area (Å²) >= 11 is 0. The van der Waals surface area contributed by atoms with Gasteiger partial charge in [0.1, 0.15) is 0 Å². The zero-order valence-corrected chi connectivity index (χ0v) is 9.26. The minimum absolute atomic E-state index is 0.0930. The molecule has 0 unspecified atom stereocenters. The summed E-state index contributed by atoms with van der Waals surface area (Å²) in [5, 5.41) is 21.6. The minimum atomic E-state index is -4.67. The zero-order chi connectivity index (χ0) is 14.6. The normalized spacial score (nSPS) is 12.9. The van der Waals surface area contributed by atoms with Crippen LogP contribution in [0.1, 0.15) is 11.1 Å². The van der Waals surface area contributed by atoms with E-state index in [1.165, 1.54) is 0 Å². The van der Waals surface area contributed by atoms with Gasteiger partial charge in [0.15, 0.2) is 5.84 Å². The van der Waals surface area contributed by atoms with Gasteiger partial charge in [-0.15, -0.1) is 0 Å². The van der Waals surface area contributed by atoms with Crippen molar-refractivity contribution in [1.82, 2.24) is 0 Å². The van der Waals surface area contributed by atoms with Gasteiger partial charge in [-0.05, 0) is 24.3 Å². The summed E-state index contributed by atoms with van der Waals surface area (Å²) in [5.74, 6) is -0.339. The second-order valence-corrected chi connectivity index (χ2v) is 3.39. The Morgan fingerprint density at radius 2 is 2.11 bits per heavy atom. The third kappa shape index (κ3) is 3.69.